The van der Waals surface area contributed by atoms with Crippen LogP contribution in [-0.2, 0) is 18.3 Å². The Balaban J connectivity index is 1.48. The summed E-state index contributed by atoms with van der Waals surface area (Å²) in [7, 11) is 4.37. The van der Waals surface area contributed by atoms with Crippen molar-refractivity contribution in [3.8, 4) is 17.6 Å². The van der Waals surface area contributed by atoms with Crippen LogP contribution < -0.4 is 15.5 Å². The van der Waals surface area contributed by atoms with E-state index in [1.54, 1.807) is 11.3 Å². The molecule has 11 heteroatoms. The van der Waals surface area contributed by atoms with Gasteiger partial charge in [-0.15, -0.1) is 11.3 Å². The van der Waals surface area contributed by atoms with E-state index in [0.29, 0.717) is 22.4 Å². The highest BCUT2D eigenvalue weighted by Crippen LogP contribution is 2.50. The van der Waals surface area contributed by atoms with E-state index in [0.717, 1.165) is 119 Å². The second kappa shape index (κ2) is 12.1. The molecule has 230 valence electrons. The van der Waals surface area contributed by atoms with Gasteiger partial charge in [0.1, 0.15) is 22.7 Å². The van der Waals surface area contributed by atoms with Gasteiger partial charge in [0.2, 0.25) is 0 Å². The van der Waals surface area contributed by atoms with Gasteiger partial charge in [-0.1, -0.05) is 18.5 Å². The third-order valence-corrected chi connectivity index (χ3v) is 10.7. The van der Waals surface area contributed by atoms with E-state index in [9.17, 15) is 5.26 Å². The molecule has 6 rings (SSSR count). The smallest absolute Gasteiger partial charge is 0.186 e. The molecule has 3 aromatic heterocycles. The quantitative estimate of drug-likeness (QED) is 0.431. The summed E-state index contributed by atoms with van der Waals surface area (Å²) in [6.07, 6.45) is 5.64. The van der Waals surface area contributed by atoms with Crippen molar-refractivity contribution in [1.82, 2.24) is 24.9 Å². The summed E-state index contributed by atoms with van der Waals surface area (Å²) >= 11 is 1.55. The zero-order valence-corrected chi connectivity index (χ0v) is 27.1. The standard InChI is InChI=1S/C32H45N9OS/c1-6-9-22-28(37-42-29(22)32(3)11-7-10-24-27(32)23(19-33)30(34)43-24)31-35-25(40-16-14-38(4)15-17-40)18-26(36-31)41-13-8-12-39(5)20-21(41)2/h18,21H,6-17,20,34H2,1-5H3/t21-,32-/m0/s1. The SMILES string of the molecule is CCCc1c(-c2nc(N3CCN(C)CC3)cc(N3CCCN(C)C[C@@H]3C)n2)noc1[C@@]1(C)CCCc2sc(N)c(C#N)c21. The first-order chi connectivity index (χ1) is 20.7. The van der Waals surface area contributed by atoms with Crippen molar-refractivity contribution in [2.75, 3.05) is 75.4 Å². The van der Waals surface area contributed by atoms with Crippen molar-refractivity contribution in [1.29, 1.82) is 5.26 Å². The molecule has 3 aromatic rings. The van der Waals surface area contributed by atoms with Crippen molar-refractivity contribution in [3.63, 3.8) is 0 Å². The number of rotatable bonds is 6. The number of aryl methyl sites for hydroxylation is 1. The number of nitriles is 1. The molecule has 0 unspecified atom stereocenters. The van der Waals surface area contributed by atoms with Gasteiger partial charge in [-0.25, -0.2) is 9.97 Å². The summed E-state index contributed by atoms with van der Waals surface area (Å²) < 4.78 is 6.33. The van der Waals surface area contributed by atoms with Crippen LogP contribution >= 0.6 is 11.3 Å². The molecule has 5 heterocycles. The van der Waals surface area contributed by atoms with Gasteiger partial charge in [0.25, 0.3) is 0 Å². The summed E-state index contributed by atoms with van der Waals surface area (Å²) in [6, 6.07) is 4.91. The van der Waals surface area contributed by atoms with Crippen LogP contribution in [0.15, 0.2) is 10.6 Å². The lowest BCUT2D eigenvalue weighted by molar-refractivity contribution is 0.307. The third-order valence-electron chi connectivity index (χ3n) is 9.62. The summed E-state index contributed by atoms with van der Waals surface area (Å²) in [5.74, 6) is 3.37. The zero-order valence-electron chi connectivity index (χ0n) is 26.3. The Hall–Kier alpha value is -3.20. The Morgan fingerprint density at radius 1 is 1.09 bits per heavy atom. The predicted molar refractivity (Wildman–Crippen MR) is 173 cm³/mol. The van der Waals surface area contributed by atoms with Crippen LogP contribution in [0.25, 0.3) is 11.5 Å². The molecule has 2 saturated heterocycles. The average Bonchev–Trinajstić information content (AvgIpc) is 3.51. The van der Waals surface area contributed by atoms with Gasteiger partial charge in [-0.05, 0) is 72.2 Å². The number of piperazine rings is 1. The molecule has 2 fully saturated rings. The van der Waals surface area contributed by atoms with E-state index in [1.807, 2.05) is 0 Å². The van der Waals surface area contributed by atoms with Crippen LogP contribution in [-0.4, -0.2) is 90.9 Å². The molecule has 0 amide bonds. The van der Waals surface area contributed by atoms with Crippen LogP contribution in [0.3, 0.4) is 0 Å². The number of thiophene rings is 1. The largest absolute Gasteiger partial charge is 0.389 e. The van der Waals surface area contributed by atoms with Crippen molar-refractivity contribution in [3.05, 3.63) is 33.4 Å². The van der Waals surface area contributed by atoms with Crippen LogP contribution in [0, 0.1) is 11.3 Å². The highest BCUT2D eigenvalue weighted by Gasteiger charge is 2.44. The van der Waals surface area contributed by atoms with E-state index >= 15 is 0 Å². The fourth-order valence-electron chi connectivity index (χ4n) is 7.31. The number of fused-ring (bicyclic) bond motifs is 1. The number of hydrogen-bond acceptors (Lipinski definition) is 11. The van der Waals surface area contributed by atoms with Crippen molar-refractivity contribution in [2.24, 2.45) is 0 Å². The van der Waals surface area contributed by atoms with Gasteiger partial charge >= 0.3 is 0 Å². The third kappa shape index (κ3) is 5.49. The fraction of sp³-hybridized carbons (Fsp3) is 0.625. The number of nitrogens with two attached hydrogens (primary N) is 1. The summed E-state index contributed by atoms with van der Waals surface area (Å²) in [5.41, 5.74) is 9.27. The normalized spacial score (nSPS) is 23.7. The van der Waals surface area contributed by atoms with Gasteiger partial charge in [-0.2, -0.15) is 5.26 Å². The minimum Gasteiger partial charge on any atom is -0.389 e. The lowest BCUT2D eigenvalue weighted by Crippen LogP contribution is -2.45. The number of hydrogen-bond donors (Lipinski definition) is 1. The van der Waals surface area contributed by atoms with Crippen molar-refractivity contribution < 1.29 is 4.52 Å². The second-order valence-corrected chi connectivity index (χ2v) is 14.0. The molecule has 0 bridgehead atoms. The Bertz CT molecular complexity index is 1500. The predicted octanol–water partition coefficient (Wildman–Crippen LogP) is 4.52. The summed E-state index contributed by atoms with van der Waals surface area (Å²) in [4.78, 5) is 21.2. The van der Waals surface area contributed by atoms with Crippen molar-refractivity contribution >= 4 is 28.0 Å². The van der Waals surface area contributed by atoms with E-state index < -0.39 is 5.41 Å². The first-order valence-corrected chi connectivity index (χ1v) is 16.6. The van der Waals surface area contributed by atoms with Crippen LogP contribution in [0.4, 0.5) is 16.6 Å². The molecular weight excluding hydrogens is 558 g/mol. The molecule has 2 N–H and O–H groups in total. The summed E-state index contributed by atoms with van der Waals surface area (Å²) in [6.45, 7) is 13.5. The number of nitrogens with zero attached hydrogens (tertiary/aromatic N) is 8. The van der Waals surface area contributed by atoms with E-state index in [1.165, 1.54) is 4.88 Å². The van der Waals surface area contributed by atoms with Crippen LogP contribution in [0.5, 0.6) is 0 Å². The van der Waals surface area contributed by atoms with Gasteiger partial charge in [-0.3, -0.25) is 0 Å². The van der Waals surface area contributed by atoms with Gasteiger partial charge in [0, 0.05) is 61.8 Å². The van der Waals surface area contributed by atoms with Gasteiger partial charge in [0.05, 0.1) is 11.0 Å². The fourth-order valence-corrected chi connectivity index (χ4v) is 8.50. The van der Waals surface area contributed by atoms with E-state index in [-0.39, 0.29) is 0 Å². The Morgan fingerprint density at radius 2 is 1.86 bits per heavy atom. The molecular formula is C32H45N9OS. The number of aromatic nitrogens is 3. The Kier molecular flexibility index (Phi) is 8.37. The van der Waals surface area contributed by atoms with E-state index in [4.69, 9.17) is 25.4 Å². The highest BCUT2D eigenvalue weighted by molar-refractivity contribution is 7.16. The molecule has 0 spiro atoms. The lowest BCUT2D eigenvalue weighted by atomic mass is 9.69. The molecule has 10 nitrogen and oxygen atoms in total. The maximum absolute atomic E-state index is 10.1. The topological polar surface area (TPSA) is 115 Å². The highest BCUT2D eigenvalue weighted by atomic mass is 32.1. The Morgan fingerprint density at radius 3 is 2.60 bits per heavy atom. The molecule has 0 aromatic carbocycles. The monoisotopic (exact) mass is 603 g/mol. The van der Waals surface area contributed by atoms with Crippen LogP contribution in [0.1, 0.15) is 73.8 Å². The lowest BCUT2D eigenvalue weighted by Gasteiger charge is -2.34. The molecule has 0 radical (unpaired) electrons. The maximum atomic E-state index is 10.1. The second-order valence-electron chi connectivity index (χ2n) is 12.9. The molecule has 43 heavy (non-hydrogen) atoms. The van der Waals surface area contributed by atoms with Gasteiger partial charge < -0.3 is 29.9 Å². The molecule has 3 aliphatic rings. The van der Waals surface area contributed by atoms with Crippen molar-refractivity contribution in [2.45, 2.75) is 70.8 Å². The first-order valence-electron chi connectivity index (χ1n) is 15.8. The minimum atomic E-state index is -0.482. The number of nitrogen functional groups attached to an aromatic ring is 1. The summed E-state index contributed by atoms with van der Waals surface area (Å²) in [5, 5.41) is 15.4. The maximum Gasteiger partial charge on any atom is 0.186 e. The van der Waals surface area contributed by atoms with Crippen LogP contribution in [0.2, 0.25) is 0 Å². The number of anilines is 3. The zero-order chi connectivity index (χ0) is 30.3. The minimum absolute atomic E-state index is 0.326. The van der Waals surface area contributed by atoms with Gasteiger partial charge in [0.15, 0.2) is 17.3 Å². The molecule has 1 aliphatic carbocycles. The Labute approximate surface area is 259 Å². The first kappa shape index (κ1) is 29.9. The number of likely N-dealkylation sites (N-methyl/N-ethyl adjacent to an activating group) is 2. The molecule has 0 saturated carbocycles. The average molecular weight is 604 g/mol. The molecule has 2 aliphatic heterocycles. The molecule has 2 atom stereocenters. The van der Waals surface area contributed by atoms with E-state index in [2.05, 4.69) is 66.6 Å².